The van der Waals surface area contributed by atoms with Crippen LogP contribution in [0.25, 0.3) is 22.5 Å². The van der Waals surface area contributed by atoms with Gasteiger partial charge in [-0.15, -0.1) is 10.2 Å². The molecule has 0 radical (unpaired) electrons. The Kier molecular flexibility index (Phi) is 7.15. The Bertz CT molecular complexity index is 1550. The minimum absolute atomic E-state index is 0.0644. The van der Waals surface area contributed by atoms with Crippen molar-refractivity contribution >= 4 is 28.7 Å². The molecule has 0 saturated carbocycles. The van der Waals surface area contributed by atoms with Gasteiger partial charge in [-0.1, -0.05) is 11.6 Å². The normalized spacial score (nSPS) is 14.9. The molecule has 0 bridgehead atoms. The van der Waals surface area contributed by atoms with Gasteiger partial charge in [0.25, 0.3) is 5.89 Å². The number of aromatic nitrogens is 5. The zero-order valence-corrected chi connectivity index (χ0v) is 22.4. The maximum atomic E-state index is 13.7. The van der Waals surface area contributed by atoms with Crippen molar-refractivity contribution in [3.05, 3.63) is 63.6 Å². The van der Waals surface area contributed by atoms with Gasteiger partial charge in [-0.2, -0.15) is 8.78 Å². The van der Waals surface area contributed by atoms with Gasteiger partial charge in [-0.3, -0.25) is 14.1 Å². The Morgan fingerprint density at radius 3 is 2.51 bits per heavy atom. The summed E-state index contributed by atoms with van der Waals surface area (Å²) in [6, 6.07) is 8.45. The Morgan fingerprint density at radius 2 is 1.90 bits per heavy atom. The highest BCUT2D eigenvalue weighted by molar-refractivity contribution is 6.31. The largest absolute Gasteiger partial charge is 0.444 e. The first-order valence-corrected chi connectivity index (χ1v) is 12.8. The van der Waals surface area contributed by atoms with Gasteiger partial charge in [0.1, 0.15) is 5.60 Å². The first-order chi connectivity index (χ1) is 18.5. The highest BCUT2D eigenvalue weighted by Crippen LogP contribution is 2.29. The van der Waals surface area contributed by atoms with E-state index in [4.69, 9.17) is 20.8 Å². The molecule has 1 amide bonds. The quantitative estimate of drug-likeness (QED) is 0.319. The Balaban J connectivity index is 1.39. The lowest BCUT2D eigenvalue weighted by Crippen LogP contribution is -2.43. The maximum absolute atomic E-state index is 13.7. The number of benzene rings is 1. The molecule has 3 aromatic heterocycles. The van der Waals surface area contributed by atoms with Gasteiger partial charge in [0.15, 0.2) is 0 Å². The summed E-state index contributed by atoms with van der Waals surface area (Å²) in [5.41, 5.74) is 1.56. The molecule has 1 fully saturated rings. The molecule has 0 atom stereocenters. The lowest BCUT2D eigenvalue weighted by Gasteiger charge is -2.33. The summed E-state index contributed by atoms with van der Waals surface area (Å²) >= 11 is 6.30. The Hall–Kier alpha value is -3.80. The average Bonchev–Trinajstić information content (AvgIpc) is 3.47. The molecule has 13 heteroatoms. The summed E-state index contributed by atoms with van der Waals surface area (Å²) in [4.78, 5) is 32.2. The van der Waals surface area contributed by atoms with Gasteiger partial charge in [0, 0.05) is 30.4 Å². The van der Waals surface area contributed by atoms with Gasteiger partial charge in [-0.25, -0.2) is 9.59 Å². The summed E-state index contributed by atoms with van der Waals surface area (Å²) in [7, 11) is 0. The van der Waals surface area contributed by atoms with Gasteiger partial charge in [0.05, 0.1) is 28.8 Å². The van der Waals surface area contributed by atoms with Crippen LogP contribution in [0.5, 0.6) is 0 Å². The molecule has 5 rings (SSSR count). The number of hydrogen-bond acceptors (Lipinski definition) is 7. The fourth-order valence-corrected chi connectivity index (χ4v) is 4.80. The molecular formula is C26H27ClF2N6O4. The van der Waals surface area contributed by atoms with E-state index in [-0.39, 0.29) is 30.3 Å². The average molecular weight is 561 g/mol. The first-order valence-electron chi connectivity index (χ1n) is 12.5. The van der Waals surface area contributed by atoms with E-state index in [1.54, 1.807) is 44.4 Å². The number of imidazole rings is 1. The van der Waals surface area contributed by atoms with Crippen LogP contribution in [0.4, 0.5) is 13.6 Å². The molecule has 0 N–H and O–H groups in total. The molecule has 0 aliphatic carbocycles. The monoisotopic (exact) mass is 560 g/mol. The number of ether oxygens (including phenoxy) is 1. The molecule has 1 saturated heterocycles. The van der Waals surface area contributed by atoms with Crippen molar-refractivity contribution in [1.82, 2.24) is 29.2 Å². The van der Waals surface area contributed by atoms with Gasteiger partial charge in [0.2, 0.25) is 5.89 Å². The lowest BCUT2D eigenvalue weighted by molar-refractivity contribution is 0.0188. The predicted molar refractivity (Wildman–Crippen MR) is 139 cm³/mol. The SMILES string of the molecule is CC(C)(C)OC(=O)N1CCC(n2c(=O)n(Cc3ccc(-c4nnc(C(F)F)o4)cn3)c3ccc(Cl)cc32)CC1. The van der Waals surface area contributed by atoms with Crippen molar-refractivity contribution < 1.29 is 22.7 Å². The van der Waals surface area contributed by atoms with Crippen LogP contribution in [0.2, 0.25) is 5.02 Å². The zero-order chi connectivity index (χ0) is 27.9. The molecule has 10 nitrogen and oxygen atoms in total. The van der Waals surface area contributed by atoms with Crippen molar-refractivity contribution in [3.8, 4) is 11.5 Å². The molecule has 1 aromatic carbocycles. The second-order valence-electron chi connectivity index (χ2n) is 10.4. The van der Waals surface area contributed by atoms with E-state index in [1.807, 2.05) is 20.8 Å². The van der Waals surface area contributed by atoms with E-state index in [0.717, 1.165) is 0 Å². The molecule has 1 aliphatic heterocycles. The minimum atomic E-state index is -2.86. The molecule has 4 heterocycles. The Morgan fingerprint density at radius 1 is 1.15 bits per heavy atom. The number of fused-ring (bicyclic) bond motifs is 1. The Labute approximate surface area is 227 Å². The third kappa shape index (κ3) is 5.65. The number of carbonyl (C=O) groups excluding carboxylic acids is 1. The minimum Gasteiger partial charge on any atom is -0.444 e. The number of pyridine rings is 1. The van der Waals surface area contributed by atoms with Crippen molar-refractivity contribution in [3.63, 3.8) is 0 Å². The smallest absolute Gasteiger partial charge is 0.410 e. The van der Waals surface area contributed by atoms with Crippen LogP contribution in [0.3, 0.4) is 0 Å². The lowest BCUT2D eigenvalue weighted by atomic mass is 10.0. The van der Waals surface area contributed by atoms with Crippen LogP contribution >= 0.6 is 11.6 Å². The van der Waals surface area contributed by atoms with Crippen LogP contribution in [0.15, 0.2) is 45.7 Å². The second-order valence-corrected chi connectivity index (χ2v) is 10.8. The highest BCUT2D eigenvalue weighted by Gasteiger charge is 2.30. The first kappa shape index (κ1) is 26.8. The van der Waals surface area contributed by atoms with Gasteiger partial charge < -0.3 is 14.1 Å². The van der Waals surface area contributed by atoms with Crippen molar-refractivity contribution in [2.24, 2.45) is 0 Å². The van der Waals surface area contributed by atoms with Crippen LogP contribution in [-0.2, 0) is 11.3 Å². The molecule has 4 aromatic rings. The number of alkyl halides is 2. The van der Waals surface area contributed by atoms with Gasteiger partial charge in [-0.05, 0) is 63.9 Å². The summed E-state index contributed by atoms with van der Waals surface area (Å²) in [5, 5.41) is 7.47. The summed E-state index contributed by atoms with van der Waals surface area (Å²) in [5.74, 6) is -0.825. The third-order valence-corrected chi connectivity index (χ3v) is 6.66. The molecular weight excluding hydrogens is 534 g/mol. The van der Waals surface area contributed by atoms with Crippen LogP contribution in [0, 0.1) is 0 Å². The predicted octanol–water partition coefficient (Wildman–Crippen LogP) is 5.46. The van der Waals surface area contributed by atoms with E-state index in [1.165, 1.54) is 6.20 Å². The van der Waals surface area contributed by atoms with E-state index in [9.17, 15) is 18.4 Å². The van der Waals surface area contributed by atoms with Crippen LogP contribution in [-0.4, -0.2) is 54.0 Å². The topological polar surface area (TPSA) is 108 Å². The van der Waals surface area contributed by atoms with Crippen molar-refractivity contribution in [2.75, 3.05) is 13.1 Å². The molecule has 206 valence electrons. The van der Waals surface area contributed by atoms with Crippen LogP contribution in [0.1, 0.15) is 57.7 Å². The zero-order valence-electron chi connectivity index (χ0n) is 21.6. The number of nitrogens with zero attached hydrogens (tertiary/aromatic N) is 6. The van der Waals surface area contributed by atoms with Crippen molar-refractivity contribution in [1.29, 1.82) is 0 Å². The molecule has 39 heavy (non-hydrogen) atoms. The number of rotatable bonds is 5. The highest BCUT2D eigenvalue weighted by atomic mass is 35.5. The van der Waals surface area contributed by atoms with E-state index in [0.29, 0.717) is 53.2 Å². The number of hydrogen-bond donors (Lipinski definition) is 0. The third-order valence-electron chi connectivity index (χ3n) is 6.43. The summed E-state index contributed by atoms with van der Waals surface area (Å²) < 4.78 is 39.4. The number of piperidine rings is 1. The maximum Gasteiger partial charge on any atom is 0.410 e. The standard InChI is InChI=1S/C26H27ClF2N6O4/c1-26(2,3)39-25(37)33-10-8-18(9-11-33)35-20-12-16(27)5-7-19(20)34(24(35)36)14-17-6-4-15(13-30-17)22-31-32-23(38-22)21(28)29/h4-7,12-13,18,21H,8-11,14H2,1-3H3. The summed E-state index contributed by atoms with van der Waals surface area (Å²) in [6.45, 7) is 6.58. The fraction of sp³-hybridized carbons (Fsp3) is 0.423. The summed E-state index contributed by atoms with van der Waals surface area (Å²) in [6.07, 6.45) is -0.615. The van der Waals surface area contributed by atoms with E-state index in [2.05, 4.69) is 15.2 Å². The fourth-order valence-electron chi connectivity index (χ4n) is 4.64. The number of likely N-dealkylation sites (tertiary alicyclic amines) is 1. The van der Waals surface area contributed by atoms with Crippen molar-refractivity contribution in [2.45, 2.75) is 58.2 Å². The number of amides is 1. The molecule has 0 unspecified atom stereocenters. The van der Waals surface area contributed by atoms with Crippen LogP contribution < -0.4 is 5.69 Å². The molecule has 0 spiro atoms. The second kappa shape index (κ2) is 10.4. The van der Waals surface area contributed by atoms with Gasteiger partial charge >= 0.3 is 18.2 Å². The number of carbonyl (C=O) groups is 1. The van der Waals surface area contributed by atoms with E-state index >= 15 is 0 Å². The number of halogens is 3. The molecule has 1 aliphatic rings. The van der Waals surface area contributed by atoms with E-state index < -0.39 is 17.9 Å².